The van der Waals surface area contributed by atoms with Crippen LogP contribution in [0, 0.1) is 5.92 Å². The molecule has 0 fully saturated rings. The third-order valence-electron chi connectivity index (χ3n) is 1.77. The number of aromatic nitrogens is 3. The van der Waals surface area contributed by atoms with Gasteiger partial charge >= 0.3 is 0 Å². The van der Waals surface area contributed by atoms with Gasteiger partial charge in [-0.1, -0.05) is 25.6 Å². The third-order valence-corrected chi connectivity index (χ3v) is 2.69. The van der Waals surface area contributed by atoms with E-state index in [0.29, 0.717) is 11.7 Å². The minimum atomic E-state index is 0.0440. The van der Waals surface area contributed by atoms with Gasteiger partial charge in [-0.3, -0.25) is 4.79 Å². The van der Waals surface area contributed by atoms with E-state index < -0.39 is 0 Å². The fraction of sp³-hybridized carbons (Fsp3) is 0.625. The summed E-state index contributed by atoms with van der Waals surface area (Å²) in [7, 11) is 0. The van der Waals surface area contributed by atoms with Crippen molar-refractivity contribution in [1.29, 1.82) is 0 Å². The highest BCUT2D eigenvalue weighted by Gasteiger charge is 2.23. The number of thioether (sulfide) groups is 1. The first-order valence-electron chi connectivity index (χ1n) is 4.29. The minimum absolute atomic E-state index is 0.0440. The molecule has 0 N–H and O–H groups in total. The Hall–Kier alpha value is -0.840. The lowest BCUT2D eigenvalue weighted by Gasteiger charge is -1.97. The van der Waals surface area contributed by atoms with Crippen LogP contribution in [0.5, 0.6) is 0 Å². The molecule has 0 amide bonds. The summed E-state index contributed by atoms with van der Waals surface area (Å²) in [5.41, 5.74) is 0. The van der Waals surface area contributed by atoms with Crippen LogP contribution >= 0.6 is 11.8 Å². The van der Waals surface area contributed by atoms with Gasteiger partial charge in [-0.15, -0.1) is 5.10 Å². The molecule has 0 aliphatic carbocycles. The van der Waals surface area contributed by atoms with E-state index in [9.17, 15) is 4.79 Å². The summed E-state index contributed by atoms with van der Waals surface area (Å²) < 4.78 is 1.42. The molecule has 2 heterocycles. The largest absolute Gasteiger partial charge is 0.271 e. The maximum Gasteiger partial charge on any atom is 0.259 e. The molecule has 0 radical (unpaired) electrons. The molecule has 1 aromatic rings. The zero-order valence-corrected chi connectivity index (χ0v) is 8.47. The molecule has 0 saturated heterocycles. The average Bonchev–Trinajstić information content (AvgIpc) is 2.53. The van der Waals surface area contributed by atoms with Crippen LogP contribution in [0.2, 0.25) is 0 Å². The number of nitrogens with zero attached hydrogens (tertiary/aromatic N) is 3. The van der Waals surface area contributed by atoms with Crippen LogP contribution in [0.15, 0.2) is 5.16 Å². The molecule has 2 rings (SSSR count). The van der Waals surface area contributed by atoms with Crippen LogP contribution in [0.4, 0.5) is 0 Å². The highest BCUT2D eigenvalue weighted by molar-refractivity contribution is 8.00. The molecular weight excluding hydrogens is 186 g/mol. The Morgan fingerprint density at radius 1 is 1.62 bits per heavy atom. The minimum Gasteiger partial charge on any atom is -0.271 e. The van der Waals surface area contributed by atoms with Crippen molar-refractivity contribution < 1.29 is 4.79 Å². The van der Waals surface area contributed by atoms with Gasteiger partial charge in [0, 0.05) is 6.42 Å². The van der Waals surface area contributed by atoms with Gasteiger partial charge in [-0.25, -0.2) is 4.98 Å². The van der Waals surface area contributed by atoms with E-state index in [0.717, 1.165) is 17.4 Å². The van der Waals surface area contributed by atoms with Gasteiger partial charge in [0.25, 0.3) is 5.91 Å². The first-order valence-corrected chi connectivity index (χ1v) is 5.27. The molecule has 70 valence electrons. The van der Waals surface area contributed by atoms with Crippen LogP contribution < -0.4 is 0 Å². The highest BCUT2D eigenvalue weighted by Crippen LogP contribution is 2.23. The summed E-state index contributed by atoms with van der Waals surface area (Å²) in [6.45, 7) is 4.22. The summed E-state index contributed by atoms with van der Waals surface area (Å²) in [6, 6.07) is 0. The number of hydrogen-bond acceptors (Lipinski definition) is 4. The number of carbonyl (C=O) groups is 1. The van der Waals surface area contributed by atoms with Crippen molar-refractivity contribution in [1.82, 2.24) is 14.8 Å². The smallest absolute Gasteiger partial charge is 0.259 e. The van der Waals surface area contributed by atoms with E-state index in [1.807, 2.05) is 0 Å². The predicted molar refractivity (Wildman–Crippen MR) is 49.9 cm³/mol. The normalized spacial score (nSPS) is 15.5. The van der Waals surface area contributed by atoms with Crippen LogP contribution in [0.25, 0.3) is 0 Å². The van der Waals surface area contributed by atoms with Crippen molar-refractivity contribution in [3.8, 4) is 0 Å². The first-order chi connectivity index (χ1) is 6.16. The summed E-state index contributed by atoms with van der Waals surface area (Å²) in [5.74, 6) is 1.84. The summed E-state index contributed by atoms with van der Waals surface area (Å²) >= 11 is 1.46. The number of fused-ring (bicyclic) bond motifs is 1. The molecule has 0 spiro atoms. The fourth-order valence-electron chi connectivity index (χ4n) is 1.23. The SMILES string of the molecule is CC(C)Cc1nc2n(n1)C(=O)CS2. The summed E-state index contributed by atoms with van der Waals surface area (Å²) in [4.78, 5) is 15.5. The van der Waals surface area contributed by atoms with E-state index in [-0.39, 0.29) is 5.91 Å². The average molecular weight is 197 g/mol. The van der Waals surface area contributed by atoms with E-state index in [1.165, 1.54) is 16.4 Å². The van der Waals surface area contributed by atoms with Crippen LogP contribution in [-0.4, -0.2) is 26.4 Å². The lowest BCUT2D eigenvalue weighted by atomic mass is 10.1. The van der Waals surface area contributed by atoms with Gasteiger partial charge in [-0.2, -0.15) is 4.68 Å². The van der Waals surface area contributed by atoms with Gasteiger partial charge in [-0.05, 0) is 5.92 Å². The van der Waals surface area contributed by atoms with Gasteiger partial charge in [0.1, 0.15) is 0 Å². The molecule has 0 aromatic carbocycles. The van der Waals surface area contributed by atoms with E-state index in [1.54, 1.807) is 0 Å². The lowest BCUT2D eigenvalue weighted by Crippen LogP contribution is -2.09. The van der Waals surface area contributed by atoms with Crippen molar-refractivity contribution in [3.63, 3.8) is 0 Å². The molecule has 0 unspecified atom stereocenters. The van der Waals surface area contributed by atoms with Crippen molar-refractivity contribution in [2.75, 3.05) is 5.75 Å². The molecule has 0 bridgehead atoms. The van der Waals surface area contributed by atoms with Crippen LogP contribution in [0.3, 0.4) is 0 Å². The Kier molecular flexibility index (Phi) is 2.11. The van der Waals surface area contributed by atoms with Crippen molar-refractivity contribution in [2.24, 2.45) is 5.92 Å². The standard InChI is InChI=1S/C8H11N3OS/c1-5(2)3-6-9-8-11(10-6)7(12)4-13-8/h5H,3-4H2,1-2H3. The highest BCUT2D eigenvalue weighted by atomic mass is 32.2. The lowest BCUT2D eigenvalue weighted by molar-refractivity contribution is 0.0922. The van der Waals surface area contributed by atoms with Crippen molar-refractivity contribution >= 4 is 17.7 Å². The Morgan fingerprint density at radius 2 is 2.38 bits per heavy atom. The molecule has 0 saturated carbocycles. The third kappa shape index (κ3) is 1.60. The van der Waals surface area contributed by atoms with E-state index in [4.69, 9.17) is 0 Å². The van der Waals surface area contributed by atoms with Crippen LogP contribution in [-0.2, 0) is 6.42 Å². The second kappa shape index (κ2) is 3.14. The number of hydrogen-bond donors (Lipinski definition) is 0. The van der Waals surface area contributed by atoms with E-state index in [2.05, 4.69) is 23.9 Å². The molecule has 1 aliphatic rings. The second-order valence-corrected chi connectivity index (χ2v) is 4.45. The van der Waals surface area contributed by atoms with Gasteiger partial charge in [0.15, 0.2) is 11.0 Å². The molecule has 1 aromatic heterocycles. The molecule has 1 aliphatic heterocycles. The molecule has 5 heteroatoms. The van der Waals surface area contributed by atoms with Gasteiger partial charge in [0.05, 0.1) is 5.75 Å². The number of carbonyl (C=O) groups excluding carboxylic acids is 1. The monoisotopic (exact) mass is 197 g/mol. The summed E-state index contributed by atoms with van der Waals surface area (Å²) in [5, 5.41) is 4.90. The van der Waals surface area contributed by atoms with Gasteiger partial charge < -0.3 is 0 Å². The zero-order valence-electron chi connectivity index (χ0n) is 7.65. The Morgan fingerprint density at radius 3 is 3.00 bits per heavy atom. The van der Waals surface area contributed by atoms with Crippen LogP contribution in [0.1, 0.15) is 24.5 Å². The molecular formula is C8H11N3OS. The molecule has 0 atom stereocenters. The fourth-order valence-corrected chi connectivity index (χ4v) is 2.04. The zero-order chi connectivity index (χ0) is 9.42. The molecule has 4 nitrogen and oxygen atoms in total. The van der Waals surface area contributed by atoms with Crippen molar-refractivity contribution in [3.05, 3.63) is 5.82 Å². The Bertz CT molecular complexity index is 345. The number of rotatable bonds is 2. The Balaban J connectivity index is 2.24. The quantitative estimate of drug-likeness (QED) is 0.715. The maximum atomic E-state index is 11.2. The topological polar surface area (TPSA) is 47.8 Å². The second-order valence-electron chi connectivity index (χ2n) is 3.50. The summed E-state index contributed by atoms with van der Waals surface area (Å²) in [6.07, 6.45) is 0.841. The first kappa shape index (κ1) is 8.74. The maximum absolute atomic E-state index is 11.2. The van der Waals surface area contributed by atoms with E-state index >= 15 is 0 Å². The van der Waals surface area contributed by atoms with Crippen molar-refractivity contribution in [2.45, 2.75) is 25.4 Å². The predicted octanol–water partition coefficient (Wildman–Crippen LogP) is 1.22. The molecule has 13 heavy (non-hydrogen) atoms. The Labute approximate surface area is 80.7 Å². The van der Waals surface area contributed by atoms with Gasteiger partial charge in [0.2, 0.25) is 0 Å².